The normalized spacial score (nSPS) is 19.2. The number of carbonyl (C=O) groups excluding carboxylic acids is 1. The van der Waals surface area contributed by atoms with Crippen molar-refractivity contribution in [2.45, 2.75) is 38.5 Å². The standard InChI is InChI=1S/C23H25N5OS/c29-23(15-7-8-15)28-11-3-10-27(12-13-28)21-19-17-5-1-6-18(17)30-22(19)26-20(25-21)16-4-2-9-24-14-16/h2,4,9,14-15H,1,3,5-8,10-13H2. The Bertz CT molecular complexity index is 1110. The predicted molar refractivity (Wildman–Crippen MR) is 119 cm³/mol. The summed E-state index contributed by atoms with van der Waals surface area (Å²) in [5.74, 6) is 2.46. The zero-order chi connectivity index (χ0) is 20.1. The number of thiophene rings is 1. The second-order valence-electron chi connectivity index (χ2n) is 8.59. The molecule has 3 aromatic heterocycles. The van der Waals surface area contributed by atoms with Gasteiger partial charge in [0, 0.05) is 54.9 Å². The second kappa shape index (κ2) is 7.30. The van der Waals surface area contributed by atoms with Gasteiger partial charge in [-0.05, 0) is 56.2 Å². The van der Waals surface area contributed by atoms with Crippen LogP contribution in [0.5, 0.6) is 0 Å². The van der Waals surface area contributed by atoms with Gasteiger partial charge in [-0.15, -0.1) is 11.3 Å². The number of aromatic nitrogens is 3. The fourth-order valence-corrected chi connectivity index (χ4v) is 6.02. The number of hydrogen-bond donors (Lipinski definition) is 0. The lowest BCUT2D eigenvalue weighted by Gasteiger charge is -2.24. The summed E-state index contributed by atoms with van der Waals surface area (Å²) in [5, 5.41) is 1.25. The Balaban J connectivity index is 1.40. The number of fused-ring (bicyclic) bond motifs is 3. The van der Waals surface area contributed by atoms with Crippen LogP contribution < -0.4 is 4.90 Å². The quantitative estimate of drug-likeness (QED) is 0.648. The minimum absolute atomic E-state index is 0.291. The fraction of sp³-hybridized carbons (Fsp3) is 0.478. The average molecular weight is 420 g/mol. The van der Waals surface area contributed by atoms with Crippen LogP contribution in [0, 0.1) is 5.92 Å². The van der Waals surface area contributed by atoms with Crippen molar-refractivity contribution >= 4 is 33.3 Å². The van der Waals surface area contributed by atoms with Gasteiger partial charge in [-0.25, -0.2) is 9.97 Å². The largest absolute Gasteiger partial charge is 0.354 e. The van der Waals surface area contributed by atoms with E-state index in [4.69, 9.17) is 9.97 Å². The molecule has 1 saturated carbocycles. The molecule has 0 unspecified atom stereocenters. The number of pyridine rings is 1. The van der Waals surface area contributed by atoms with Gasteiger partial charge in [-0.2, -0.15) is 0 Å². The summed E-state index contributed by atoms with van der Waals surface area (Å²) >= 11 is 1.83. The first-order chi connectivity index (χ1) is 14.8. The summed E-state index contributed by atoms with van der Waals surface area (Å²) in [4.78, 5) is 33.9. The van der Waals surface area contributed by atoms with Crippen molar-refractivity contribution in [1.29, 1.82) is 0 Å². The van der Waals surface area contributed by atoms with Crippen molar-refractivity contribution in [1.82, 2.24) is 19.9 Å². The van der Waals surface area contributed by atoms with Crippen LogP contribution in [0.4, 0.5) is 5.82 Å². The molecule has 3 aliphatic rings. The maximum Gasteiger partial charge on any atom is 0.225 e. The van der Waals surface area contributed by atoms with E-state index in [0.29, 0.717) is 11.8 Å². The molecule has 4 heterocycles. The molecule has 0 bridgehead atoms. The molecule has 1 aliphatic heterocycles. The number of aryl methyl sites for hydroxylation is 2. The Morgan fingerprint density at radius 2 is 2.00 bits per heavy atom. The summed E-state index contributed by atoms with van der Waals surface area (Å²) in [7, 11) is 0. The number of anilines is 1. The van der Waals surface area contributed by atoms with Crippen molar-refractivity contribution in [2.75, 3.05) is 31.1 Å². The topological polar surface area (TPSA) is 62.2 Å². The van der Waals surface area contributed by atoms with Gasteiger partial charge in [0.1, 0.15) is 10.6 Å². The van der Waals surface area contributed by atoms with E-state index in [-0.39, 0.29) is 0 Å². The Morgan fingerprint density at radius 1 is 1.07 bits per heavy atom. The summed E-state index contributed by atoms with van der Waals surface area (Å²) in [6, 6.07) is 3.96. The number of rotatable bonds is 3. The van der Waals surface area contributed by atoms with Gasteiger partial charge in [0.15, 0.2) is 5.82 Å². The van der Waals surface area contributed by atoms with E-state index in [1.165, 1.54) is 22.2 Å². The molecule has 3 aromatic rings. The van der Waals surface area contributed by atoms with Crippen molar-refractivity contribution in [3.63, 3.8) is 0 Å². The van der Waals surface area contributed by atoms with E-state index in [9.17, 15) is 4.79 Å². The summed E-state index contributed by atoms with van der Waals surface area (Å²) in [5.41, 5.74) is 2.41. The molecular formula is C23H25N5OS. The number of hydrogen-bond acceptors (Lipinski definition) is 6. The monoisotopic (exact) mass is 419 g/mol. The second-order valence-corrected chi connectivity index (χ2v) is 9.67. The molecule has 0 radical (unpaired) electrons. The van der Waals surface area contributed by atoms with E-state index in [1.807, 2.05) is 29.7 Å². The third kappa shape index (κ3) is 3.16. The first-order valence-corrected chi connectivity index (χ1v) is 11.9. The molecule has 6 nitrogen and oxygen atoms in total. The van der Waals surface area contributed by atoms with Gasteiger partial charge >= 0.3 is 0 Å². The highest BCUT2D eigenvalue weighted by Gasteiger charge is 2.34. The number of amides is 1. The molecule has 2 fully saturated rings. The van der Waals surface area contributed by atoms with Crippen LogP contribution in [0.25, 0.3) is 21.6 Å². The lowest BCUT2D eigenvalue weighted by molar-refractivity contribution is -0.132. The fourth-order valence-electron chi connectivity index (χ4n) is 4.77. The van der Waals surface area contributed by atoms with Crippen LogP contribution in [-0.2, 0) is 17.6 Å². The third-order valence-corrected chi connectivity index (χ3v) is 7.68. The van der Waals surface area contributed by atoms with E-state index in [1.54, 1.807) is 6.20 Å². The molecule has 0 N–H and O–H groups in total. The highest BCUT2D eigenvalue weighted by Crippen LogP contribution is 2.41. The number of nitrogens with zero attached hydrogens (tertiary/aromatic N) is 5. The Morgan fingerprint density at radius 3 is 2.83 bits per heavy atom. The highest BCUT2D eigenvalue weighted by molar-refractivity contribution is 7.19. The van der Waals surface area contributed by atoms with Crippen LogP contribution in [0.1, 0.15) is 36.1 Å². The summed E-state index contributed by atoms with van der Waals surface area (Å²) < 4.78 is 0. The maximum absolute atomic E-state index is 12.6. The van der Waals surface area contributed by atoms with E-state index in [2.05, 4.69) is 14.8 Å². The van der Waals surface area contributed by atoms with Crippen LogP contribution in [0.2, 0.25) is 0 Å². The van der Waals surface area contributed by atoms with E-state index >= 15 is 0 Å². The van der Waals surface area contributed by atoms with E-state index in [0.717, 1.165) is 80.3 Å². The van der Waals surface area contributed by atoms with Crippen molar-refractivity contribution in [2.24, 2.45) is 5.92 Å². The van der Waals surface area contributed by atoms with Crippen molar-refractivity contribution in [3.05, 3.63) is 35.0 Å². The first-order valence-electron chi connectivity index (χ1n) is 11.0. The zero-order valence-electron chi connectivity index (χ0n) is 17.0. The Hall–Kier alpha value is -2.54. The average Bonchev–Trinajstić information content (AvgIpc) is 3.49. The molecule has 0 aromatic carbocycles. The third-order valence-electron chi connectivity index (χ3n) is 6.50. The first kappa shape index (κ1) is 18.2. The van der Waals surface area contributed by atoms with Gasteiger partial charge in [0.25, 0.3) is 0 Å². The van der Waals surface area contributed by atoms with Gasteiger partial charge in [0.2, 0.25) is 5.91 Å². The minimum Gasteiger partial charge on any atom is -0.354 e. The molecule has 0 atom stereocenters. The van der Waals surface area contributed by atoms with Gasteiger partial charge in [-0.3, -0.25) is 9.78 Å². The summed E-state index contributed by atoms with van der Waals surface area (Å²) in [6.45, 7) is 3.41. The Kier molecular flexibility index (Phi) is 4.44. The molecule has 1 amide bonds. The van der Waals surface area contributed by atoms with E-state index < -0.39 is 0 Å². The highest BCUT2D eigenvalue weighted by atomic mass is 32.1. The zero-order valence-corrected chi connectivity index (χ0v) is 17.8. The molecule has 0 spiro atoms. The van der Waals surface area contributed by atoms with Crippen LogP contribution >= 0.6 is 11.3 Å². The lowest BCUT2D eigenvalue weighted by atomic mass is 10.1. The lowest BCUT2D eigenvalue weighted by Crippen LogP contribution is -2.36. The summed E-state index contributed by atoms with van der Waals surface area (Å²) in [6.07, 6.45) is 10.2. The van der Waals surface area contributed by atoms with Crippen molar-refractivity contribution in [3.8, 4) is 11.4 Å². The predicted octanol–water partition coefficient (Wildman–Crippen LogP) is 3.69. The minimum atomic E-state index is 0.291. The molecule has 1 saturated heterocycles. The molecular weight excluding hydrogens is 394 g/mol. The molecule has 6 rings (SSSR count). The van der Waals surface area contributed by atoms with Gasteiger partial charge < -0.3 is 9.80 Å². The SMILES string of the molecule is O=C(C1CC1)N1CCCN(c2nc(-c3cccnc3)nc3sc4c(c23)CCC4)CC1. The molecule has 154 valence electrons. The van der Waals surface area contributed by atoms with Crippen LogP contribution in [-0.4, -0.2) is 51.9 Å². The number of carbonyl (C=O) groups is 1. The molecule has 7 heteroatoms. The van der Waals surface area contributed by atoms with Crippen LogP contribution in [0.3, 0.4) is 0 Å². The molecule has 2 aliphatic carbocycles. The molecule has 30 heavy (non-hydrogen) atoms. The Labute approximate surface area is 180 Å². The smallest absolute Gasteiger partial charge is 0.225 e. The van der Waals surface area contributed by atoms with Gasteiger partial charge in [-0.1, -0.05) is 0 Å². The van der Waals surface area contributed by atoms with Crippen molar-refractivity contribution < 1.29 is 4.79 Å². The maximum atomic E-state index is 12.6. The van der Waals surface area contributed by atoms with Gasteiger partial charge in [0.05, 0.1) is 5.39 Å². The van der Waals surface area contributed by atoms with Crippen LogP contribution in [0.15, 0.2) is 24.5 Å².